The Hall–Kier alpha value is -3.59. The number of primary amides is 1. The van der Waals surface area contributed by atoms with E-state index in [1.54, 1.807) is 36.4 Å². The smallest absolute Gasteiger partial charge is 0.408 e. The summed E-state index contributed by atoms with van der Waals surface area (Å²) < 4.78 is 5.15. The normalized spacial score (nSPS) is 13.5. The van der Waals surface area contributed by atoms with E-state index in [2.05, 4.69) is 10.6 Å². The van der Waals surface area contributed by atoms with E-state index < -0.39 is 36.1 Å². The van der Waals surface area contributed by atoms with Gasteiger partial charge < -0.3 is 31.3 Å². The minimum atomic E-state index is -1.32. The molecule has 0 aliphatic rings. The van der Waals surface area contributed by atoms with Gasteiger partial charge in [0.1, 0.15) is 24.4 Å². The number of ether oxygens (including phenoxy) is 1. The van der Waals surface area contributed by atoms with Gasteiger partial charge in [-0.2, -0.15) is 0 Å². The van der Waals surface area contributed by atoms with Crippen LogP contribution in [-0.2, 0) is 27.4 Å². The zero-order valence-corrected chi connectivity index (χ0v) is 16.4. The van der Waals surface area contributed by atoms with E-state index >= 15 is 0 Å². The van der Waals surface area contributed by atoms with Crippen molar-refractivity contribution in [3.8, 4) is 5.75 Å². The number of phenols is 1. The highest BCUT2D eigenvalue weighted by Gasteiger charge is 2.29. The highest BCUT2D eigenvalue weighted by molar-refractivity contribution is 5.91. The van der Waals surface area contributed by atoms with Crippen LogP contribution in [0.5, 0.6) is 5.75 Å². The van der Waals surface area contributed by atoms with Gasteiger partial charge in [0.2, 0.25) is 11.8 Å². The first-order chi connectivity index (χ1) is 14.3. The Morgan fingerprint density at radius 1 is 1.00 bits per heavy atom. The van der Waals surface area contributed by atoms with Crippen LogP contribution in [-0.4, -0.2) is 46.3 Å². The quantitative estimate of drug-likeness (QED) is 0.404. The molecule has 0 bridgehead atoms. The maximum absolute atomic E-state index is 12.7. The summed E-state index contributed by atoms with van der Waals surface area (Å²) in [6, 6.07) is 12.6. The van der Waals surface area contributed by atoms with E-state index in [0.717, 1.165) is 5.56 Å². The first kappa shape index (κ1) is 22.7. The minimum absolute atomic E-state index is 0.0117. The molecule has 3 atom stereocenters. The van der Waals surface area contributed by atoms with Crippen LogP contribution in [0.2, 0.25) is 0 Å². The van der Waals surface area contributed by atoms with E-state index in [4.69, 9.17) is 10.5 Å². The average Bonchev–Trinajstić information content (AvgIpc) is 2.71. The van der Waals surface area contributed by atoms with Crippen LogP contribution in [0.3, 0.4) is 0 Å². The molecular formula is C21H25N3O6. The van der Waals surface area contributed by atoms with E-state index in [0.29, 0.717) is 5.56 Å². The number of rotatable bonds is 9. The van der Waals surface area contributed by atoms with Crippen molar-refractivity contribution >= 4 is 17.9 Å². The molecule has 0 aliphatic heterocycles. The minimum Gasteiger partial charge on any atom is -0.508 e. The predicted octanol–water partition coefficient (Wildman–Crippen LogP) is 0.581. The van der Waals surface area contributed by atoms with Crippen molar-refractivity contribution in [2.45, 2.75) is 38.1 Å². The van der Waals surface area contributed by atoms with Gasteiger partial charge >= 0.3 is 6.09 Å². The van der Waals surface area contributed by atoms with Crippen LogP contribution in [0.25, 0.3) is 0 Å². The summed E-state index contributed by atoms with van der Waals surface area (Å²) in [6.07, 6.45) is -1.99. The molecule has 0 saturated carbocycles. The number of alkyl carbamates (subject to hydrolysis) is 1. The zero-order chi connectivity index (χ0) is 22.1. The SMILES string of the molecule is C[C@@H](O)[C@H](NC(=O)[C@H](Cc1ccc(O)cc1)NC(=O)OCc1ccccc1)C(N)=O. The molecular weight excluding hydrogens is 390 g/mol. The molecule has 0 saturated heterocycles. The number of carbonyl (C=O) groups excluding carboxylic acids is 3. The number of hydrogen-bond donors (Lipinski definition) is 5. The number of aliphatic hydroxyl groups excluding tert-OH is 1. The molecule has 3 amide bonds. The monoisotopic (exact) mass is 415 g/mol. The summed E-state index contributed by atoms with van der Waals surface area (Å²) in [5.41, 5.74) is 6.63. The summed E-state index contributed by atoms with van der Waals surface area (Å²) in [7, 11) is 0. The Labute approximate surface area is 173 Å². The molecule has 2 rings (SSSR count). The summed E-state index contributed by atoms with van der Waals surface area (Å²) in [5, 5.41) is 23.9. The zero-order valence-electron chi connectivity index (χ0n) is 16.4. The summed E-state index contributed by atoms with van der Waals surface area (Å²) in [6.45, 7) is 1.32. The number of aliphatic hydroxyl groups is 1. The molecule has 0 spiro atoms. The maximum atomic E-state index is 12.7. The van der Waals surface area contributed by atoms with Crippen molar-refractivity contribution in [2.75, 3.05) is 0 Å². The largest absolute Gasteiger partial charge is 0.508 e. The molecule has 9 heteroatoms. The summed E-state index contributed by atoms with van der Waals surface area (Å²) in [5.74, 6) is -1.57. The molecule has 30 heavy (non-hydrogen) atoms. The van der Waals surface area contributed by atoms with Gasteiger partial charge in [-0.3, -0.25) is 9.59 Å². The van der Waals surface area contributed by atoms with Crippen molar-refractivity contribution in [1.29, 1.82) is 0 Å². The Balaban J connectivity index is 2.09. The van der Waals surface area contributed by atoms with Crippen molar-refractivity contribution in [1.82, 2.24) is 10.6 Å². The average molecular weight is 415 g/mol. The molecule has 160 valence electrons. The topological polar surface area (TPSA) is 151 Å². The van der Waals surface area contributed by atoms with Gasteiger partial charge in [0.25, 0.3) is 0 Å². The Bertz CT molecular complexity index is 855. The van der Waals surface area contributed by atoms with E-state index in [9.17, 15) is 24.6 Å². The predicted molar refractivity (Wildman–Crippen MR) is 108 cm³/mol. The maximum Gasteiger partial charge on any atom is 0.408 e. The van der Waals surface area contributed by atoms with Crippen molar-refractivity contribution in [3.05, 3.63) is 65.7 Å². The molecule has 2 aromatic carbocycles. The number of phenolic OH excluding ortho intramolecular Hbond substituents is 1. The molecule has 0 fully saturated rings. The van der Waals surface area contributed by atoms with Crippen LogP contribution in [0.15, 0.2) is 54.6 Å². The van der Waals surface area contributed by atoms with Crippen LogP contribution < -0.4 is 16.4 Å². The van der Waals surface area contributed by atoms with Gasteiger partial charge in [0.15, 0.2) is 0 Å². The van der Waals surface area contributed by atoms with Gasteiger partial charge in [0.05, 0.1) is 6.10 Å². The lowest BCUT2D eigenvalue weighted by atomic mass is 10.0. The molecule has 0 aromatic heterocycles. The number of carbonyl (C=O) groups is 3. The van der Waals surface area contributed by atoms with Gasteiger partial charge in [0, 0.05) is 6.42 Å². The fourth-order valence-corrected chi connectivity index (χ4v) is 2.67. The molecule has 0 heterocycles. The summed E-state index contributed by atoms with van der Waals surface area (Å²) >= 11 is 0. The Morgan fingerprint density at radius 3 is 2.20 bits per heavy atom. The second kappa shape index (κ2) is 10.8. The van der Waals surface area contributed by atoms with Crippen LogP contribution >= 0.6 is 0 Å². The molecule has 9 nitrogen and oxygen atoms in total. The Kier molecular flexibility index (Phi) is 8.18. The third kappa shape index (κ3) is 7.10. The van der Waals surface area contributed by atoms with Gasteiger partial charge in [-0.15, -0.1) is 0 Å². The Morgan fingerprint density at radius 2 is 1.63 bits per heavy atom. The van der Waals surface area contributed by atoms with Crippen molar-refractivity contribution < 1.29 is 29.3 Å². The lowest BCUT2D eigenvalue weighted by molar-refractivity contribution is -0.130. The molecule has 2 aromatic rings. The highest BCUT2D eigenvalue weighted by Crippen LogP contribution is 2.12. The van der Waals surface area contributed by atoms with E-state index in [1.807, 2.05) is 6.07 Å². The fraction of sp³-hybridized carbons (Fsp3) is 0.286. The molecule has 0 unspecified atom stereocenters. The number of amides is 3. The van der Waals surface area contributed by atoms with Crippen LogP contribution in [0, 0.1) is 0 Å². The van der Waals surface area contributed by atoms with Crippen molar-refractivity contribution in [2.24, 2.45) is 5.73 Å². The summed E-state index contributed by atoms with van der Waals surface area (Å²) in [4.78, 5) is 36.4. The number of benzene rings is 2. The van der Waals surface area contributed by atoms with Gasteiger partial charge in [-0.05, 0) is 30.2 Å². The lowest BCUT2D eigenvalue weighted by Gasteiger charge is -2.23. The second-order valence-corrected chi connectivity index (χ2v) is 6.76. The number of aromatic hydroxyl groups is 1. The molecule has 6 N–H and O–H groups in total. The van der Waals surface area contributed by atoms with Crippen LogP contribution in [0.1, 0.15) is 18.1 Å². The fourth-order valence-electron chi connectivity index (χ4n) is 2.67. The van der Waals surface area contributed by atoms with Crippen molar-refractivity contribution in [3.63, 3.8) is 0 Å². The van der Waals surface area contributed by atoms with Gasteiger partial charge in [-0.1, -0.05) is 42.5 Å². The second-order valence-electron chi connectivity index (χ2n) is 6.76. The molecule has 0 radical (unpaired) electrons. The van der Waals surface area contributed by atoms with E-state index in [1.165, 1.54) is 19.1 Å². The number of nitrogens with two attached hydrogens (primary N) is 1. The van der Waals surface area contributed by atoms with E-state index in [-0.39, 0.29) is 18.8 Å². The lowest BCUT2D eigenvalue weighted by Crippen LogP contribution is -2.56. The highest BCUT2D eigenvalue weighted by atomic mass is 16.5. The van der Waals surface area contributed by atoms with Crippen LogP contribution in [0.4, 0.5) is 4.79 Å². The molecule has 0 aliphatic carbocycles. The third-order valence-corrected chi connectivity index (χ3v) is 4.28. The first-order valence-corrected chi connectivity index (χ1v) is 9.29. The third-order valence-electron chi connectivity index (χ3n) is 4.28. The standard InChI is InChI=1S/C21H25N3O6/c1-13(25)18(19(22)27)24-20(28)17(11-14-7-9-16(26)10-8-14)23-21(29)30-12-15-5-3-2-4-6-15/h2-10,13,17-18,25-26H,11-12H2,1H3,(H2,22,27)(H,23,29)(H,24,28)/t13-,17+,18+/m1/s1. The first-order valence-electron chi connectivity index (χ1n) is 9.29. The number of hydrogen-bond acceptors (Lipinski definition) is 6. The number of nitrogens with one attached hydrogen (secondary N) is 2. The van der Waals surface area contributed by atoms with Gasteiger partial charge in [-0.25, -0.2) is 4.79 Å².